The summed E-state index contributed by atoms with van der Waals surface area (Å²) in [7, 11) is 0. The second kappa shape index (κ2) is 7.08. The van der Waals surface area contributed by atoms with Crippen molar-refractivity contribution in [1.29, 1.82) is 0 Å². The van der Waals surface area contributed by atoms with Gasteiger partial charge < -0.3 is 4.74 Å². The number of ether oxygens (including phenoxy) is 1. The van der Waals surface area contributed by atoms with Crippen LogP contribution in [0.25, 0.3) is 0 Å². The molecule has 0 aromatic heterocycles. The molecule has 8 heteroatoms. The summed E-state index contributed by atoms with van der Waals surface area (Å²) in [5, 5.41) is 3.50. The molecule has 0 fully saturated rings. The van der Waals surface area contributed by atoms with Gasteiger partial charge in [-0.1, -0.05) is 12.1 Å². The Balaban J connectivity index is 2.28. The van der Waals surface area contributed by atoms with E-state index in [1.807, 2.05) is 5.43 Å². The lowest BCUT2D eigenvalue weighted by atomic mass is 10.2. The van der Waals surface area contributed by atoms with Crippen LogP contribution in [0.1, 0.15) is 12.5 Å². The van der Waals surface area contributed by atoms with Crippen LogP contribution in [-0.2, 0) is 0 Å². The third-order valence-electron chi connectivity index (χ3n) is 2.81. The molecule has 0 spiro atoms. The smallest absolute Gasteiger partial charge is 0.200 e. The van der Waals surface area contributed by atoms with Crippen molar-refractivity contribution in [3.05, 3.63) is 58.9 Å². The van der Waals surface area contributed by atoms with Gasteiger partial charge in [0.2, 0.25) is 5.82 Å². The maximum Gasteiger partial charge on any atom is 0.200 e. The number of anilines is 1. The summed E-state index contributed by atoms with van der Waals surface area (Å²) in [6.07, 6.45) is 1.14. The molecule has 0 bridgehead atoms. The zero-order valence-electron chi connectivity index (χ0n) is 11.8. The zero-order chi connectivity index (χ0) is 17.0. The predicted octanol–water partition coefficient (Wildman–Crippen LogP) is 4.23. The third kappa shape index (κ3) is 3.41. The number of benzene rings is 2. The molecule has 0 heterocycles. The van der Waals surface area contributed by atoms with Crippen LogP contribution >= 0.6 is 0 Å². The van der Waals surface area contributed by atoms with Crippen molar-refractivity contribution in [3.63, 3.8) is 0 Å². The molecule has 0 aliphatic carbocycles. The Kier molecular flexibility index (Phi) is 5.15. The molecular formula is C15H11F5N2O. The number of para-hydroxylation sites is 1. The lowest BCUT2D eigenvalue weighted by Gasteiger charge is -2.08. The summed E-state index contributed by atoms with van der Waals surface area (Å²) in [5.41, 5.74) is 1.06. The van der Waals surface area contributed by atoms with Gasteiger partial charge in [0.1, 0.15) is 11.4 Å². The van der Waals surface area contributed by atoms with Crippen molar-refractivity contribution in [2.24, 2.45) is 5.10 Å². The van der Waals surface area contributed by atoms with Crippen molar-refractivity contribution in [3.8, 4) is 5.75 Å². The molecule has 2 aromatic carbocycles. The van der Waals surface area contributed by atoms with Crippen LogP contribution in [0.15, 0.2) is 29.4 Å². The van der Waals surface area contributed by atoms with E-state index in [1.54, 1.807) is 31.2 Å². The van der Waals surface area contributed by atoms with E-state index in [2.05, 4.69) is 5.10 Å². The van der Waals surface area contributed by atoms with E-state index in [4.69, 9.17) is 4.74 Å². The van der Waals surface area contributed by atoms with Gasteiger partial charge in [-0.2, -0.15) is 5.10 Å². The summed E-state index contributed by atoms with van der Waals surface area (Å²) in [6.45, 7) is 2.15. The number of nitrogens with one attached hydrogen (secondary N) is 1. The normalized spacial score (nSPS) is 11.0. The van der Waals surface area contributed by atoms with Crippen LogP contribution < -0.4 is 10.2 Å². The van der Waals surface area contributed by atoms with E-state index in [0.717, 1.165) is 6.21 Å². The molecule has 0 saturated heterocycles. The number of rotatable bonds is 5. The van der Waals surface area contributed by atoms with Crippen LogP contribution in [-0.4, -0.2) is 12.8 Å². The largest absolute Gasteiger partial charge is 0.493 e. The zero-order valence-corrected chi connectivity index (χ0v) is 11.8. The van der Waals surface area contributed by atoms with E-state index in [1.165, 1.54) is 0 Å². The predicted molar refractivity (Wildman–Crippen MR) is 75.1 cm³/mol. The summed E-state index contributed by atoms with van der Waals surface area (Å²) < 4.78 is 71.2. The maximum absolute atomic E-state index is 13.4. The summed E-state index contributed by atoms with van der Waals surface area (Å²) in [5.74, 6) is -9.84. The molecule has 2 rings (SSSR count). The SMILES string of the molecule is CCOc1ccccc1/C=N\Nc1c(F)c(F)c(F)c(F)c1F. The van der Waals surface area contributed by atoms with Gasteiger partial charge >= 0.3 is 0 Å². The van der Waals surface area contributed by atoms with Crippen LogP contribution in [0.3, 0.4) is 0 Å². The fraction of sp³-hybridized carbons (Fsp3) is 0.133. The molecule has 0 amide bonds. The number of hydrogen-bond donors (Lipinski definition) is 1. The standard InChI is InChI=1S/C15H11F5N2O/c1-2-23-9-6-4-3-5-8(9)7-21-22-15-13(19)11(17)10(16)12(18)14(15)20/h3-7,22H,2H2,1H3/b21-7-. The highest BCUT2D eigenvalue weighted by Gasteiger charge is 2.25. The molecule has 1 N–H and O–H groups in total. The molecule has 0 radical (unpaired) electrons. The third-order valence-corrected chi connectivity index (χ3v) is 2.81. The van der Waals surface area contributed by atoms with Gasteiger partial charge in [-0.15, -0.1) is 0 Å². The molecule has 122 valence electrons. The van der Waals surface area contributed by atoms with Crippen LogP contribution in [0, 0.1) is 29.1 Å². The van der Waals surface area contributed by atoms with Crippen molar-refractivity contribution in [2.75, 3.05) is 12.0 Å². The van der Waals surface area contributed by atoms with E-state index in [0.29, 0.717) is 17.9 Å². The van der Waals surface area contributed by atoms with Gasteiger partial charge in [0.15, 0.2) is 23.3 Å². The van der Waals surface area contributed by atoms with Gasteiger partial charge in [0.05, 0.1) is 12.8 Å². The highest BCUT2D eigenvalue weighted by atomic mass is 19.2. The number of halogens is 5. The molecule has 0 aliphatic heterocycles. The van der Waals surface area contributed by atoms with Gasteiger partial charge in [-0.25, -0.2) is 22.0 Å². The molecule has 3 nitrogen and oxygen atoms in total. The number of nitrogens with zero attached hydrogens (tertiary/aromatic N) is 1. The Morgan fingerprint density at radius 2 is 1.52 bits per heavy atom. The van der Waals surface area contributed by atoms with Crippen molar-refractivity contribution >= 4 is 11.9 Å². The summed E-state index contributed by atoms with van der Waals surface area (Å²) >= 11 is 0. The monoisotopic (exact) mass is 330 g/mol. The molecule has 0 unspecified atom stereocenters. The van der Waals surface area contributed by atoms with Crippen molar-refractivity contribution in [1.82, 2.24) is 0 Å². The topological polar surface area (TPSA) is 33.6 Å². The van der Waals surface area contributed by atoms with Gasteiger partial charge in [-0.05, 0) is 19.1 Å². The van der Waals surface area contributed by atoms with Crippen LogP contribution in [0.2, 0.25) is 0 Å². The first kappa shape index (κ1) is 16.7. The molecular weight excluding hydrogens is 319 g/mol. The Hall–Kier alpha value is -2.64. The first-order valence-corrected chi connectivity index (χ1v) is 6.49. The van der Waals surface area contributed by atoms with Crippen molar-refractivity contribution in [2.45, 2.75) is 6.92 Å². The van der Waals surface area contributed by atoms with E-state index < -0.39 is 34.8 Å². The van der Waals surface area contributed by atoms with E-state index >= 15 is 0 Å². The molecule has 0 saturated carbocycles. The highest BCUT2D eigenvalue weighted by molar-refractivity contribution is 5.84. The number of hydrazone groups is 1. The fourth-order valence-corrected chi connectivity index (χ4v) is 1.74. The Labute approximate surface area is 128 Å². The van der Waals surface area contributed by atoms with Gasteiger partial charge in [-0.3, -0.25) is 5.43 Å². The Morgan fingerprint density at radius 1 is 0.957 bits per heavy atom. The highest BCUT2D eigenvalue weighted by Crippen LogP contribution is 2.27. The molecule has 0 atom stereocenters. The quantitative estimate of drug-likeness (QED) is 0.293. The Bertz CT molecular complexity index is 720. The second-order valence-electron chi connectivity index (χ2n) is 4.29. The minimum Gasteiger partial charge on any atom is -0.493 e. The van der Waals surface area contributed by atoms with Crippen LogP contribution in [0.5, 0.6) is 5.75 Å². The summed E-state index contributed by atoms with van der Waals surface area (Å²) in [4.78, 5) is 0. The summed E-state index contributed by atoms with van der Waals surface area (Å²) in [6, 6.07) is 6.63. The first-order chi connectivity index (χ1) is 11.0. The average molecular weight is 330 g/mol. The minimum atomic E-state index is -2.23. The first-order valence-electron chi connectivity index (χ1n) is 6.49. The van der Waals surface area contributed by atoms with Gasteiger partial charge in [0, 0.05) is 5.56 Å². The molecule has 23 heavy (non-hydrogen) atoms. The lowest BCUT2D eigenvalue weighted by Crippen LogP contribution is -2.06. The van der Waals surface area contributed by atoms with E-state index in [9.17, 15) is 22.0 Å². The number of hydrogen-bond acceptors (Lipinski definition) is 3. The van der Waals surface area contributed by atoms with Crippen LogP contribution in [0.4, 0.5) is 27.6 Å². The lowest BCUT2D eigenvalue weighted by molar-refractivity contribution is 0.340. The van der Waals surface area contributed by atoms with Crippen molar-refractivity contribution < 1.29 is 26.7 Å². The maximum atomic E-state index is 13.4. The average Bonchev–Trinajstić information content (AvgIpc) is 2.56. The minimum absolute atomic E-state index is 0.385. The molecule has 0 aliphatic rings. The van der Waals surface area contributed by atoms with E-state index in [-0.39, 0.29) is 0 Å². The second-order valence-corrected chi connectivity index (χ2v) is 4.29. The van der Waals surface area contributed by atoms with Gasteiger partial charge in [0.25, 0.3) is 0 Å². The molecule has 2 aromatic rings. The Morgan fingerprint density at radius 3 is 2.13 bits per heavy atom. The fourth-order valence-electron chi connectivity index (χ4n) is 1.74.